The van der Waals surface area contributed by atoms with Crippen LogP contribution >= 0.6 is 11.8 Å². The SMILES string of the molecule is Cc1nc(SCC(=O)N2C[C@@H](C)O[C@H](C)C2)[nH]c(=O)c1C. The van der Waals surface area contributed by atoms with E-state index in [4.69, 9.17) is 4.74 Å². The van der Waals surface area contributed by atoms with Gasteiger partial charge in [-0.1, -0.05) is 11.8 Å². The number of morpholine rings is 1. The van der Waals surface area contributed by atoms with Crippen molar-refractivity contribution in [1.82, 2.24) is 14.9 Å². The first-order chi connectivity index (χ1) is 9.86. The van der Waals surface area contributed by atoms with Gasteiger partial charge in [0.25, 0.3) is 5.56 Å². The molecule has 1 saturated heterocycles. The van der Waals surface area contributed by atoms with Crippen molar-refractivity contribution >= 4 is 17.7 Å². The molecule has 1 aromatic heterocycles. The van der Waals surface area contributed by atoms with Gasteiger partial charge in [0.2, 0.25) is 5.91 Å². The summed E-state index contributed by atoms with van der Waals surface area (Å²) >= 11 is 1.26. The minimum absolute atomic E-state index is 0.0443. The number of rotatable bonds is 3. The van der Waals surface area contributed by atoms with Gasteiger partial charge in [-0.2, -0.15) is 0 Å². The third-order valence-corrected chi connectivity index (χ3v) is 4.34. The summed E-state index contributed by atoms with van der Waals surface area (Å²) in [5.74, 6) is 0.313. The van der Waals surface area contributed by atoms with Gasteiger partial charge < -0.3 is 14.6 Å². The van der Waals surface area contributed by atoms with Crippen LogP contribution < -0.4 is 5.56 Å². The molecule has 6 nitrogen and oxygen atoms in total. The van der Waals surface area contributed by atoms with Crippen molar-refractivity contribution in [3.05, 3.63) is 21.6 Å². The second-order valence-corrected chi connectivity index (χ2v) is 6.39. The fraction of sp³-hybridized carbons (Fsp3) is 0.643. The monoisotopic (exact) mass is 311 g/mol. The van der Waals surface area contributed by atoms with E-state index in [1.54, 1.807) is 13.8 Å². The van der Waals surface area contributed by atoms with Gasteiger partial charge in [0.1, 0.15) is 0 Å². The van der Waals surface area contributed by atoms with E-state index in [9.17, 15) is 9.59 Å². The molecule has 0 radical (unpaired) electrons. The highest BCUT2D eigenvalue weighted by Gasteiger charge is 2.25. The van der Waals surface area contributed by atoms with Gasteiger partial charge in [0.05, 0.1) is 18.0 Å². The lowest BCUT2D eigenvalue weighted by Crippen LogP contribution is -2.48. The molecule has 0 saturated carbocycles. The lowest BCUT2D eigenvalue weighted by Gasteiger charge is -2.35. The molecule has 0 bridgehead atoms. The molecule has 1 amide bonds. The number of aromatic nitrogens is 2. The number of amides is 1. The Balaban J connectivity index is 1.96. The van der Waals surface area contributed by atoms with Crippen molar-refractivity contribution in [3.63, 3.8) is 0 Å². The van der Waals surface area contributed by atoms with Gasteiger partial charge >= 0.3 is 0 Å². The fourth-order valence-corrected chi connectivity index (χ4v) is 3.10. The Labute approximate surface area is 128 Å². The molecule has 1 aromatic rings. The number of hydrogen-bond acceptors (Lipinski definition) is 5. The molecule has 0 aromatic carbocycles. The molecular weight excluding hydrogens is 290 g/mol. The Morgan fingerprint density at radius 1 is 1.38 bits per heavy atom. The summed E-state index contributed by atoms with van der Waals surface area (Å²) in [5, 5.41) is 0.491. The van der Waals surface area contributed by atoms with E-state index >= 15 is 0 Å². The molecule has 1 aliphatic rings. The van der Waals surface area contributed by atoms with E-state index in [-0.39, 0.29) is 29.4 Å². The number of carbonyl (C=O) groups is 1. The van der Waals surface area contributed by atoms with E-state index in [0.29, 0.717) is 29.5 Å². The molecule has 0 spiro atoms. The maximum atomic E-state index is 12.2. The van der Waals surface area contributed by atoms with Crippen molar-refractivity contribution in [2.75, 3.05) is 18.8 Å². The van der Waals surface area contributed by atoms with Gasteiger partial charge in [0.15, 0.2) is 5.16 Å². The molecular formula is C14H21N3O3S. The summed E-state index contributed by atoms with van der Waals surface area (Å²) in [6.45, 7) is 8.68. The standard InChI is InChI=1S/C14H21N3O3S/c1-8-5-17(6-9(2)20-8)12(18)7-21-14-15-11(4)10(3)13(19)16-14/h8-9H,5-7H2,1-4H3,(H,15,16,19)/t8-,9-/m1/s1. The van der Waals surface area contributed by atoms with E-state index in [1.807, 2.05) is 18.7 Å². The Bertz CT molecular complexity index is 577. The first-order valence-corrected chi connectivity index (χ1v) is 7.99. The van der Waals surface area contributed by atoms with E-state index < -0.39 is 0 Å². The largest absolute Gasteiger partial charge is 0.372 e. The van der Waals surface area contributed by atoms with Crippen LogP contribution in [-0.2, 0) is 9.53 Å². The third-order valence-electron chi connectivity index (χ3n) is 3.48. The molecule has 2 atom stereocenters. The van der Waals surface area contributed by atoms with Gasteiger partial charge in [-0.25, -0.2) is 4.98 Å². The number of hydrogen-bond donors (Lipinski definition) is 1. The first kappa shape index (κ1) is 16.0. The van der Waals surface area contributed by atoms with Crippen LogP contribution in [0, 0.1) is 13.8 Å². The number of aryl methyl sites for hydroxylation is 1. The summed E-state index contributed by atoms with van der Waals surface area (Å²) in [6.07, 6.45) is 0.115. The number of carbonyl (C=O) groups excluding carboxylic acids is 1. The Hall–Kier alpha value is -1.34. The number of H-pyrrole nitrogens is 1. The average molecular weight is 311 g/mol. The Morgan fingerprint density at radius 3 is 2.57 bits per heavy atom. The Morgan fingerprint density at radius 2 is 2.00 bits per heavy atom. The lowest BCUT2D eigenvalue weighted by molar-refractivity contribution is -0.140. The zero-order valence-corrected chi connectivity index (χ0v) is 13.6. The molecule has 2 heterocycles. The first-order valence-electron chi connectivity index (χ1n) is 7.00. The van der Waals surface area contributed by atoms with Crippen LogP contribution in [-0.4, -0.2) is 51.8 Å². The van der Waals surface area contributed by atoms with Crippen LogP contribution in [0.1, 0.15) is 25.1 Å². The van der Waals surface area contributed by atoms with Gasteiger partial charge in [0, 0.05) is 24.3 Å². The molecule has 116 valence electrons. The van der Waals surface area contributed by atoms with Gasteiger partial charge in [-0.05, 0) is 27.7 Å². The minimum Gasteiger partial charge on any atom is -0.372 e. The quantitative estimate of drug-likeness (QED) is 0.668. The zero-order valence-electron chi connectivity index (χ0n) is 12.8. The number of ether oxygens (including phenoxy) is 1. The fourth-order valence-electron chi connectivity index (χ4n) is 2.29. The number of thioether (sulfide) groups is 1. The summed E-state index contributed by atoms with van der Waals surface area (Å²) in [5.41, 5.74) is 1.16. The molecule has 1 aliphatic heterocycles. The topological polar surface area (TPSA) is 75.3 Å². The van der Waals surface area contributed by atoms with Crippen molar-refractivity contribution < 1.29 is 9.53 Å². The highest BCUT2D eigenvalue weighted by molar-refractivity contribution is 7.99. The third kappa shape index (κ3) is 4.07. The minimum atomic E-state index is -0.147. The second kappa shape index (κ2) is 6.62. The van der Waals surface area contributed by atoms with Crippen LogP contribution in [0.25, 0.3) is 0 Å². The molecule has 1 fully saturated rings. The predicted octanol–water partition coefficient (Wildman–Crippen LogP) is 1.11. The zero-order chi connectivity index (χ0) is 15.6. The van der Waals surface area contributed by atoms with E-state index in [1.165, 1.54) is 11.8 Å². The predicted molar refractivity (Wildman–Crippen MR) is 81.6 cm³/mol. The summed E-state index contributed by atoms with van der Waals surface area (Å²) in [6, 6.07) is 0. The maximum Gasteiger partial charge on any atom is 0.254 e. The molecule has 1 N–H and O–H groups in total. The van der Waals surface area contributed by atoms with Crippen molar-refractivity contribution in [2.24, 2.45) is 0 Å². The van der Waals surface area contributed by atoms with Crippen LogP contribution in [0.4, 0.5) is 0 Å². The van der Waals surface area contributed by atoms with Crippen molar-refractivity contribution in [3.8, 4) is 0 Å². The number of nitrogens with zero attached hydrogens (tertiary/aromatic N) is 2. The smallest absolute Gasteiger partial charge is 0.254 e. The van der Waals surface area contributed by atoms with Crippen molar-refractivity contribution in [1.29, 1.82) is 0 Å². The molecule has 21 heavy (non-hydrogen) atoms. The highest BCUT2D eigenvalue weighted by atomic mass is 32.2. The van der Waals surface area contributed by atoms with Gasteiger partial charge in [-0.3, -0.25) is 9.59 Å². The lowest BCUT2D eigenvalue weighted by atomic mass is 10.2. The van der Waals surface area contributed by atoms with Gasteiger partial charge in [-0.15, -0.1) is 0 Å². The number of nitrogens with one attached hydrogen (secondary N) is 1. The second-order valence-electron chi connectivity index (χ2n) is 5.43. The Kier molecular flexibility index (Phi) is 5.05. The number of aromatic amines is 1. The summed E-state index contributed by atoms with van der Waals surface area (Å²) < 4.78 is 5.61. The average Bonchev–Trinajstić information content (AvgIpc) is 2.40. The van der Waals surface area contributed by atoms with Crippen LogP contribution in [0.2, 0.25) is 0 Å². The normalized spacial score (nSPS) is 22.4. The molecule has 0 unspecified atom stereocenters. The highest BCUT2D eigenvalue weighted by Crippen LogP contribution is 2.16. The van der Waals surface area contributed by atoms with Crippen LogP contribution in [0.15, 0.2) is 9.95 Å². The van der Waals surface area contributed by atoms with Crippen molar-refractivity contribution in [2.45, 2.75) is 45.1 Å². The van der Waals surface area contributed by atoms with Crippen LogP contribution in [0.5, 0.6) is 0 Å². The van der Waals surface area contributed by atoms with E-state index in [0.717, 1.165) is 0 Å². The molecule has 0 aliphatic carbocycles. The summed E-state index contributed by atoms with van der Waals surface area (Å²) in [4.78, 5) is 32.7. The summed E-state index contributed by atoms with van der Waals surface area (Å²) in [7, 11) is 0. The molecule has 2 rings (SSSR count). The van der Waals surface area contributed by atoms with Crippen LogP contribution in [0.3, 0.4) is 0 Å². The molecule has 7 heteroatoms. The van der Waals surface area contributed by atoms with E-state index in [2.05, 4.69) is 9.97 Å². The maximum absolute atomic E-state index is 12.2.